The topological polar surface area (TPSA) is 69.9 Å². The molecular weight excluding hydrogens is 424 g/mol. The van der Waals surface area contributed by atoms with Crippen molar-refractivity contribution in [3.8, 4) is 22.6 Å². The molecule has 3 aromatic heterocycles. The van der Waals surface area contributed by atoms with Crippen molar-refractivity contribution in [3.05, 3.63) is 89.6 Å². The summed E-state index contributed by atoms with van der Waals surface area (Å²) >= 11 is 0. The molecular formula is C28H26N4O2. The van der Waals surface area contributed by atoms with Crippen LogP contribution in [0.4, 0.5) is 0 Å². The predicted molar refractivity (Wildman–Crippen MR) is 129 cm³/mol. The average molecular weight is 451 g/mol. The lowest BCUT2D eigenvalue weighted by Crippen LogP contribution is -2.12. The number of ether oxygens (including phenoxy) is 1. The Balaban J connectivity index is 1.35. The van der Waals surface area contributed by atoms with E-state index in [9.17, 15) is 4.79 Å². The highest BCUT2D eigenvalue weighted by Crippen LogP contribution is 2.39. The number of nitrogens with zero attached hydrogens (tertiary/aromatic N) is 4. The van der Waals surface area contributed by atoms with Gasteiger partial charge in [0.2, 0.25) is 0 Å². The Morgan fingerprint density at radius 2 is 1.91 bits per heavy atom. The molecule has 0 unspecified atom stereocenters. The molecule has 6 nitrogen and oxygen atoms in total. The van der Waals surface area contributed by atoms with E-state index in [0.717, 1.165) is 52.6 Å². The summed E-state index contributed by atoms with van der Waals surface area (Å²) in [4.78, 5) is 27.4. The highest BCUT2D eigenvalue weighted by molar-refractivity contribution is 5.99. The highest BCUT2D eigenvalue weighted by atomic mass is 16.5. The minimum absolute atomic E-state index is 0.0352. The van der Waals surface area contributed by atoms with Crippen molar-refractivity contribution in [1.29, 1.82) is 0 Å². The van der Waals surface area contributed by atoms with Crippen molar-refractivity contribution in [1.82, 2.24) is 19.5 Å². The second-order valence-corrected chi connectivity index (χ2v) is 9.08. The number of fused-ring (bicyclic) bond motifs is 5. The van der Waals surface area contributed by atoms with Crippen LogP contribution < -0.4 is 0 Å². The third-order valence-electron chi connectivity index (χ3n) is 6.56. The number of hydrogen-bond donors (Lipinski definition) is 0. The van der Waals surface area contributed by atoms with Crippen LogP contribution in [0, 0.1) is 0 Å². The van der Waals surface area contributed by atoms with E-state index in [1.54, 1.807) is 6.20 Å². The van der Waals surface area contributed by atoms with Gasteiger partial charge in [-0.05, 0) is 54.7 Å². The normalized spacial score (nSPS) is 16.4. The molecule has 1 aliphatic heterocycles. The molecule has 2 aliphatic rings. The number of rotatable bonds is 2. The molecule has 0 radical (unpaired) electrons. The standard InChI is InChI=1S/C28H26N4O2/c33-27-16-23-3-1-4-26(31-23)28-29-11-13-32(28)12-2-14-34-18-22-8-7-20(15-24(22)27)21-9-10-25(30-17-21)19-5-6-19/h1,3-4,7-11,13,15,17,19H,2,5-6,12,14,16,18H2. The van der Waals surface area contributed by atoms with Gasteiger partial charge in [0.15, 0.2) is 11.6 Å². The quantitative estimate of drug-likeness (QED) is 0.418. The highest BCUT2D eigenvalue weighted by Gasteiger charge is 2.24. The third kappa shape index (κ3) is 4.29. The van der Waals surface area contributed by atoms with Crippen LogP contribution in [0.5, 0.6) is 0 Å². The number of aromatic nitrogens is 4. The van der Waals surface area contributed by atoms with E-state index in [1.165, 1.54) is 12.8 Å². The van der Waals surface area contributed by atoms with Gasteiger partial charge in [0.05, 0.1) is 13.0 Å². The van der Waals surface area contributed by atoms with Crippen molar-refractivity contribution in [2.24, 2.45) is 0 Å². The molecule has 0 amide bonds. The van der Waals surface area contributed by atoms with E-state index in [0.29, 0.717) is 24.7 Å². The minimum atomic E-state index is 0.0352. The van der Waals surface area contributed by atoms with E-state index in [-0.39, 0.29) is 12.2 Å². The number of aryl methyl sites for hydroxylation is 1. The van der Waals surface area contributed by atoms with Crippen LogP contribution in [0.15, 0.2) is 67.1 Å². The number of ketones is 1. The fourth-order valence-electron chi connectivity index (χ4n) is 4.54. The summed E-state index contributed by atoms with van der Waals surface area (Å²) in [5.41, 5.74) is 6.30. The van der Waals surface area contributed by atoms with Crippen molar-refractivity contribution < 1.29 is 9.53 Å². The van der Waals surface area contributed by atoms with Crippen LogP contribution in [-0.4, -0.2) is 31.9 Å². The van der Waals surface area contributed by atoms with Gasteiger partial charge in [0, 0.05) is 60.2 Å². The van der Waals surface area contributed by atoms with Crippen molar-refractivity contribution in [3.63, 3.8) is 0 Å². The summed E-state index contributed by atoms with van der Waals surface area (Å²) in [5.74, 6) is 1.48. The van der Waals surface area contributed by atoms with Crippen LogP contribution in [0.1, 0.15) is 52.5 Å². The fourth-order valence-corrected chi connectivity index (χ4v) is 4.54. The summed E-state index contributed by atoms with van der Waals surface area (Å²) < 4.78 is 8.07. The van der Waals surface area contributed by atoms with Crippen molar-refractivity contribution >= 4 is 5.78 Å². The molecule has 0 atom stereocenters. The molecule has 2 bridgehead atoms. The summed E-state index contributed by atoms with van der Waals surface area (Å²) in [5, 5.41) is 0. The van der Waals surface area contributed by atoms with Gasteiger partial charge in [-0.1, -0.05) is 24.3 Å². The first-order chi connectivity index (χ1) is 16.7. The lowest BCUT2D eigenvalue weighted by molar-refractivity contribution is 0.0972. The van der Waals surface area contributed by atoms with Gasteiger partial charge in [-0.3, -0.25) is 9.78 Å². The Bertz CT molecular complexity index is 1340. The first-order valence-electron chi connectivity index (χ1n) is 11.9. The van der Waals surface area contributed by atoms with Crippen LogP contribution in [0.25, 0.3) is 22.6 Å². The Morgan fingerprint density at radius 3 is 2.76 bits per heavy atom. The molecule has 0 N–H and O–H groups in total. The zero-order valence-electron chi connectivity index (χ0n) is 19.0. The van der Waals surface area contributed by atoms with E-state index in [4.69, 9.17) is 9.72 Å². The predicted octanol–water partition coefficient (Wildman–Crippen LogP) is 5.23. The zero-order chi connectivity index (χ0) is 22.9. The van der Waals surface area contributed by atoms with Gasteiger partial charge >= 0.3 is 0 Å². The molecule has 1 aliphatic carbocycles. The summed E-state index contributed by atoms with van der Waals surface area (Å²) in [6.07, 6.45) is 9.22. The maximum absolute atomic E-state index is 13.5. The SMILES string of the molecule is O=C1Cc2cccc(n2)-c2nccn2CCCOCc2ccc(-c3ccc(C4CC4)nc3)cc21. The van der Waals surface area contributed by atoms with Gasteiger partial charge < -0.3 is 9.30 Å². The van der Waals surface area contributed by atoms with Crippen LogP contribution >= 0.6 is 0 Å². The largest absolute Gasteiger partial charge is 0.377 e. The second-order valence-electron chi connectivity index (χ2n) is 9.08. The van der Waals surface area contributed by atoms with Gasteiger partial charge in [-0.15, -0.1) is 0 Å². The number of benzene rings is 1. The van der Waals surface area contributed by atoms with E-state index in [2.05, 4.69) is 32.7 Å². The van der Waals surface area contributed by atoms with Gasteiger partial charge in [-0.2, -0.15) is 0 Å². The Labute approximate surface area is 198 Å². The van der Waals surface area contributed by atoms with E-state index < -0.39 is 0 Å². The molecule has 34 heavy (non-hydrogen) atoms. The number of Topliss-reactive ketones (excluding diaryl/α,β-unsaturated/α-hetero) is 1. The van der Waals surface area contributed by atoms with Crippen molar-refractivity contribution in [2.75, 3.05) is 6.61 Å². The maximum Gasteiger partial charge on any atom is 0.169 e. The smallest absolute Gasteiger partial charge is 0.169 e. The first-order valence-corrected chi connectivity index (χ1v) is 11.9. The number of carbonyl (C=O) groups is 1. The van der Waals surface area contributed by atoms with Gasteiger partial charge in [-0.25, -0.2) is 9.97 Å². The van der Waals surface area contributed by atoms with Gasteiger partial charge in [0.25, 0.3) is 0 Å². The molecule has 1 fully saturated rings. The molecule has 6 heteroatoms. The number of hydrogen-bond acceptors (Lipinski definition) is 5. The van der Waals surface area contributed by atoms with Crippen LogP contribution in [0.2, 0.25) is 0 Å². The van der Waals surface area contributed by atoms with Crippen molar-refractivity contribution in [2.45, 2.75) is 44.8 Å². The molecule has 0 spiro atoms. The molecule has 4 heterocycles. The third-order valence-corrected chi connectivity index (χ3v) is 6.56. The summed E-state index contributed by atoms with van der Waals surface area (Å²) in [6.45, 7) is 1.81. The Hall–Kier alpha value is -3.64. The number of carbonyl (C=O) groups excluding carboxylic acids is 1. The van der Waals surface area contributed by atoms with E-state index >= 15 is 0 Å². The molecule has 1 aromatic carbocycles. The van der Waals surface area contributed by atoms with Crippen LogP contribution in [0.3, 0.4) is 0 Å². The lowest BCUT2D eigenvalue weighted by Gasteiger charge is -2.14. The number of imidazole rings is 1. The molecule has 1 saturated carbocycles. The Morgan fingerprint density at radius 1 is 1.00 bits per heavy atom. The molecule has 170 valence electrons. The second kappa shape index (κ2) is 8.95. The Kier molecular flexibility index (Phi) is 5.51. The summed E-state index contributed by atoms with van der Waals surface area (Å²) in [7, 11) is 0. The fraction of sp³-hybridized carbons (Fsp3) is 0.286. The molecule has 4 aromatic rings. The first kappa shape index (κ1) is 20.9. The zero-order valence-corrected chi connectivity index (χ0v) is 19.0. The van der Waals surface area contributed by atoms with E-state index in [1.807, 2.05) is 42.7 Å². The van der Waals surface area contributed by atoms with Crippen LogP contribution in [-0.2, 0) is 24.3 Å². The lowest BCUT2D eigenvalue weighted by atomic mass is 9.95. The monoisotopic (exact) mass is 450 g/mol. The average Bonchev–Trinajstić information content (AvgIpc) is 3.61. The number of pyridine rings is 2. The summed E-state index contributed by atoms with van der Waals surface area (Å²) in [6, 6.07) is 16.1. The minimum Gasteiger partial charge on any atom is -0.377 e. The van der Waals surface area contributed by atoms with Gasteiger partial charge in [0.1, 0.15) is 5.69 Å². The molecule has 6 rings (SSSR count). The molecule has 0 saturated heterocycles. The maximum atomic E-state index is 13.5.